The Balaban J connectivity index is 2.26. The van der Waals surface area contributed by atoms with Gasteiger partial charge in [-0.2, -0.15) is 4.98 Å². The minimum absolute atomic E-state index is 0.226. The lowest BCUT2D eigenvalue weighted by atomic mass is 10.1. The Morgan fingerprint density at radius 3 is 2.67 bits per heavy atom. The van der Waals surface area contributed by atoms with E-state index >= 15 is 0 Å². The van der Waals surface area contributed by atoms with Gasteiger partial charge in [-0.3, -0.25) is 0 Å². The maximum Gasteiger partial charge on any atom is 0.260 e. The van der Waals surface area contributed by atoms with Crippen LogP contribution in [0.15, 0.2) is 34.9 Å². The number of hydrogen-bond donors (Lipinski definition) is 0. The summed E-state index contributed by atoms with van der Waals surface area (Å²) in [5, 5.41) is 3.66. The fraction of sp³-hybridized carbons (Fsp3) is 0.385. The zero-order valence-corrected chi connectivity index (χ0v) is 11.1. The molecule has 2 rings (SSSR count). The average Bonchev–Trinajstić information content (AvgIpc) is 2.89. The zero-order valence-electron chi connectivity index (χ0n) is 10.3. The van der Waals surface area contributed by atoms with Gasteiger partial charge in [0, 0.05) is 7.11 Å². The Morgan fingerprint density at radius 1 is 1.33 bits per heavy atom. The number of benzene rings is 1. The molecule has 5 heteroatoms. The molecule has 0 aliphatic rings. The van der Waals surface area contributed by atoms with Crippen molar-refractivity contribution in [3.05, 3.63) is 47.6 Å². The second-order valence-electron chi connectivity index (χ2n) is 3.89. The molecule has 0 N–H and O–H groups in total. The predicted octanol–water partition coefficient (Wildman–Crippen LogP) is 3.50. The first kappa shape index (κ1) is 13.1. The topological polar surface area (TPSA) is 48.2 Å². The van der Waals surface area contributed by atoms with Crippen LogP contribution in [0.4, 0.5) is 0 Å². The number of ether oxygens (including phenoxy) is 1. The third kappa shape index (κ3) is 2.71. The van der Waals surface area contributed by atoms with Crippen molar-refractivity contribution < 1.29 is 9.26 Å². The summed E-state index contributed by atoms with van der Waals surface area (Å²) in [5.74, 6) is 0.935. The van der Waals surface area contributed by atoms with E-state index in [1.165, 1.54) is 0 Å². The molecule has 2 unspecified atom stereocenters. The van der Waals surface area contributed by atoms with Gasteiger partial charge < -0.3 is 9.26 Å². The molecule has 0 radical (unpaired) electrons. The standard InChI is InChI=1S/C13H15ClN2O2/c1-3-10(14)12-15-13(18-16-12)11(17-2)9-7-5-4-6-8-9/h4-8,10-11H,3H2,1-2H3. The van der Waals surface area contributed by atoms with Gasteiger partial charge >= 0.3 is 0 Å². The Labute approximate surface area is 111 Å². The average molecular weight is 267 g/mol. The van der Waals surface area contributed by atoms with Gasteiger partial charge in [-0.25, -0.2) is 0 Å². The van der Waals surface area contributed by atoms with Crippen molar-refractivity contribution >= 4 is 11.6 Å². The number of alkyl halides is 1. The molecule has 0 saturated heterocycles. The van der Waals surface area contributed by atoms with Gasteiger partial charge in [0.2, 0.25) is 0 Å². The molecular weight excluding hydrogens is 252 g/mol. The molecular formula is C13H15ClN2O2. The lowest BCUT2D eigenvalue weighted by Crippen LogP contribution is -2.04. The van der Waals surface area contributed by atoms with Crippen molar-refractivity contribution in [2.45, 2.75) is 24.8 Å². The number of aromatic nitrogens is 2. The third-order valence-electron chi connectivity index (χ3n) is 2.66. The summed E-state index contributed by atoms with van der Waals surface area (Å²) in [5.41, 5.74) is 0.970. The van der Waals surface area contributed by atoms with Crippen molar-refractivity contribution in [1.29, 1.82) is 0 Å². The summed E-state index contributed by atoms with van der Waals surface area (Å²) < 4.78 is 10.6. The minimum atomic E-state index is -0.354. The van der Waals surface area contributed by atoms with Crippen molar-refractivity contribution in [3.8, 4) is 0 Å². The van der Waals surface area contributed by atoms with E-state index in [1.807, 2.05) is 37.3 Å². The first-order valence-electron chi connectivity index (χ1n) is 5.81. The van der Waals surface area contributed by atoms with E-state index in [-0.39, 0.29) is 11.5 Å². The molecule has 0 bridgehead atoms. The Kier molecular flexibility index (Phi) is 4.33. The maximum atomic E-state index is 6.07. The number of rotatable bonds is 5. The molecule has 0 spiro atoms. The second kappa shape index (κ2) is 5.98. The highest BCUT2D eigenvalue weighted by molar-refractivity contribution is 6.20. The van der Waals surface area contributed by atoms with Gasteiger partial charge in [0.05, 0.1) is 5.38 Å². The molecule has 2 atom stereocenters. The van der Waals surface area contributed by atoms with Gasteiger partial charge in [0.15, 0.2) is 11.9 Å². The van der Waals surface area contributed by atoms with E-state index < -0.39 is 0 Å². The lowest BCUT2D eigenvalue weighted by Gasteiger charge is -2.10. The fourth-order valence-electron chi connectivity index (χ4n) is 1.67. The van der Waals surface area contributed by atoms with Crippen LogP contribution in [-0.4, -0.2) is 17.3 Å². The summed E-state index contributed by atoms with van der Waals surface area (Å²) in [4.78, 5) is 4.29. The molecule has 0 aliphatic heterocycles. The summed E-state index contributed by atoms with van der Waals surface area (Å²) >= 11 is 6.07. The summed E-state index contributed by atoms with van der Waals surface area (Å²) in [6, 6.07) is 9.73. The summed E-state index contributed by atoms with van der Waals surface area (Å²) in [6.45, 7) is 1.97. The first-order valence-corrected chi connectivity index (χ1v) is 6.25. The molecule has 4 nitrogen and oxygen atoms in total. The molecule has 0 amide bonds. The summed E-state index contributed by atoms with van der Waals surface area (Å²) in [6.07, 6.45) is 0.400. The zero-order chi connectivity index (χ0) is 13.0. The third-order valence-corrected chi connectivity index (χ3v) is 3.16. The van der Waals surface area contributed by atoms with E-state index in [9.17, 15) is 0 Å². The molecule has 1 aromatic heterocycles. The number of hydrogen-bond acceptors (Lipinski definition) is 4. The smallest absolute Gasteiger partial charge is 0.260 e. The number of halogens is 1. The maximum absolute atomic E-state index is 6.07. The SMILES string of the molecule is CCC(Cl)c1noc(C(OC)c2ccccc2)n1. The molecule has 0 fully saturated rings. The van der Waals surface area contributed by atoms with Gasteiger partial charge in [0.25, 0.3) is 5.89 Å². The monoisotopic (exact) mass is 266 g/mol. The number of methoxy groups -OCH3 is 1. The predicted molar refractivity (Wildman–Crippen MR) is 68.5 cm³/mol. The molecule has 1 aromatic carbocycles. The van der Waals surface area contributed by atoms with Crippen LogP contribution in [-0.2, 0) is 4.74 Å². The fourth-order valence-corrected chi connectivity index (χ4v) is 1.76. The molecule has 96 valence electrons. The highest BCUT2D eigenvalue weighted by Gasteiger charge is 2.22. The quantitative estimate of drug-likeness (QED) is 0.777. The van der Waals surface area contributed by atoms with Crippen molar-refractivity contribution in [2.24, 2.45) is 0 Å². The van der Waals surface area contributed by atoms with Crippen LogP contribution >= 0.6 is 11.6 Å². The lowest BCUT2D eigenvalue weighted by molar-refractivity contribution is 0.105. The van der Waals surface area contributed by atoms with Crippen LogP contribution in [0.1, 0.15) is 42.1 Å². The van der Waals surface area contributed by atoms with Crippen LogP contribution in [0.2, 0.25) is 0 Å². The molecule has 2 aromatic rings. The van der Waals surface area contributed by atoms with E-state index in [0.29, 0.717) is 11.7 Å². The molecule has 1 heterocycles. The van der Waals surface area contributed by atoms with Crippen LogP contribution in [0.3, 0.4) is 0 Å². The molecule has 18 heavy (non-hydrogen) atoms. The Hall–Kier alpha value is -1.39. The van der Waals surface area contributed by atoms with Gasteiger partial charge in [-0.15, -0.1) is 11.6 Å². The Bertz CT molecular complexity index is 487. The van der Waals surface area contributed by atoms with Crippen LogP contribution in [0.5, 0.6) is 0 Å². The Morgan fingerprint density at radius 2 is 2.06 bits per heavy atom. The second-order valence-corrected chi connectivity index (χ2v) is 4.42. The van der Waals surface area contributed by atoms with E-state index in [1.54, 1.807) is 7.11 Å². The normalized spacial score (nSPS) is 14.4. The minimum Gasteiger partial charge on any atom is -0.367 e. The first-order chi connectivity index (χ1) is 8.76. The van der Waals surface area contributed by atoms with Crippen LogP contribution < -0.4 is 0 Å². The van der Waals surface area contributed by atoms with Crippen molar-refractivity contribution in [3.63, 3.8) is 0 Å². The molecule has 0 aliphatic carbocycles. The van der Waals surface area contributed by atoms with Gasteiger partial charge in [0.1, 0.15) is 0 Å². The van der Waals surface area contributed by atoms with Crippen molar-refractivity contribution in [1.82, 2.24) is 10.1 Å². The number of nitrogens with zero attached hydrogens (tertiary/aromatic N) is 2. The van der Waals surface area contributed by atoms with E-state index in [0.717, 1.165) is 12.0 Å². The summed E-state index contributed by atoms with van der Waals surface area (Å²) in [7, 11) is 1.61. The largest absolute Gasteiger partial charge is 0.367 e. The van der Waals surface area contributed by atoms with Gasteiger partial charge in [-0.05, 0) is 12.0 Å². The highest BCUT2D eigenvalue weighted by atomic mass is 35.5. The van der Waals surface area contributed by atoms with E-state index in [2.05, 4.69) is 10.1 Å². The van der Waals surface area contributed by atoms with Gasteiger partial charge in [-0.1, -0.05) is 42.4 Å². The highest BCUT2D eigenvalue weighted by Crippen LogP contribution is 2.27. The van der Waals surface area contributed by atoms with E-state index in [4.69, 9.17) is 20.9 Å². The van der Waals surface area contributed by atoms with Crippen LogP contribution in [0.25, 0.3) is 0 Å². The van der Waals surface area contributed by atoms with Crippen molar-refractivity contribution in [2.75, 3.05) is 7.11 Å². The molecule has 0 saturated carbocycles. The van der Waals surface area contributed by atoms with Crippen LogP contribution in [0, 0.1) is 0 Å².